The number of piperidine rings is 1. The second kappa shape index (κ2) is 4.63. The second-order valence-electron chi connectivity index (χ2n) is 5.11. The van der Waals surface area contributed by atoms with E-state index in [0.29, 0.717) is 0 Å². The number of nitrogens with zero attached hydrogens (tertiary/aromatic N) is 1. The molecule has 0 saturated carbocycles. The molecular formula is C12H24N2. The Kier molecular flexibility index (Phi) is 3.45. The molecule has 2 nitrogen and oxygen atoms in total. The zero-order chi connectivity index (χ0) is 9.97. The first kappa shape index (κ1) is 10.4. The smallest absolute Gasteiger partial charge is 0.0235 e. The van der Waals surface area contributed by atoms with Crippen molar-refractivity contribution in [2.24, 2.45) is 5.92 Å². The lowest BCUT2D eigenvalue weighted by Crippen LogP contribution is -2.43. The maximum absolute atomic E-state index is 3.56. The highest BCUT2D eigenvalue weighted by molar-refractivity contribution is 4.88. The third-order valence-electron chi connectivity index (χ3n) is 3.97. The van der Waals surface area contributed by atoms with Gasteiger partial charge in [0.1, 0.15) is 0 Å². The summed E-state index contributed by atoms with van der Waals surface area (Å²) in [6, 6.07) is 1.57. The van der Waals surface area contributed by atoms with Gasteiger partial charge in [0.25, 0.3) is 0 Å². The Hall–Kier alpha value is -0.0800. The summed E-state index contributed by atoms with van der Waals surface area (Å²) in [7, 11) is 0. The molecule has 1 N–H and O–H groups in total. The number of hydrogen-bond acceptors (Lipinski definition) is 2. The van der Waals surface area contributed by atoms with Gasteiger partial charge in [-0.15, -0.1) is 0 Å². The van der Waals surface area contributed by atoms with Crippen LogP contribution in [-0.2, 0) is 0 Å². The molecule has 2 aliphatic rings. The Bertz CT molecular complexity index is 181. The summed E-state index contributed by atoms with van der Waals surface area (Å²) in [5.74, 6) is 0.972. The van der Waals surface area contributed by atoms with Crippen molar-refractivity contribution in [3.8, 4) is 0 Å². The van der Waals surface area contributed by atoms with E-state index in [1.54, 1.807) is 0 Å². The largest absolute Gasteiger partial charge is 0.313 e. The van der Waals surface area contributed by atoms with Crippen LogP contribution in [0.4, 0.5) is 0 Å². The Balaban J connectivity index is 1.84. The molecule has 0 spiro atoms. The maximum atomic E-state index is 3.56. The van der Waals surface area contributed by atoms with Crippen molar-refractivity contribution in [1.29, 1.82) is 0 Å². The van der Waals surface area contributed by atoms with Crippen molar-refractivity contribution in [1.82, 2.24) is 10.2 Å². The van der Waals surface area contributed by atoms with Crippen LogP contribution in [0.1, 0.15) is 39.5 Å². The fourth-order valence-electron chi connectivity index (χ4n) is 2.95. The zero-order valence-electron chi connectivity index (χ0n) is 9.63. The molecule has 14 heavy (non-hydrogen) atoms. The van der Waals surface area contributed by atoms with Gasteiger partial charge in [0.2, 0.25) is 0 Å². The Morgan fingerprint density at radius 3 is 2.93 bits per heavy atom. The number of hydrogen-bond donors (Lipinski definition) is 1. The van der Waals surface area contributed by atoms with Gasteiger partial charge in [-0.3, -0.25) is 4.90 Å². The van der Waals surface area contributed by atoms with Crippen LogP contribution < -0.4 is 5.32 Å². The summed E-state index contributed by atoms with van der Waals surface area (Å²) in [4.78, 5) is 2.73. The number of rotatable bonds is 2. The third-order valence-corrected chi connectivity index (χ3v) is 3.97. The number of nitrogens with one attached hydrogen (secondary N) is 1. The molecule has 0 aromatic rings. The molecular weight excluding hydrogens is 172 g/mol. The zero-order valence-corrected chi connectivity index (χ0v) is 9.63. The van der Waals surface area contributed by atoms with Crippen molar-refractivity contribution in [2.75, 3.05) is 19.6 Å². The third kappa shape index (κ3) is 2.29. The number of likely N-dealkylation sites (tertiary alicyclic amines) is 1. The van der Waals surface area contributed by atoms with Gasteiger partial charge in [-0.1, -0.05) is 13.3 Å². The summed E-state index contributed by atoms with van der Waals surface area (Å²) < 4.78 is 0. The minimum absolute atomic E-state index is 0.738. The van der Waals surface area contributed by atoms with E-state index in [-0.39, 0.29) is 0 Å². The van der Waals surface area contributed by atoms with Crippen LogP contribution in [0.15, 0.2) is 0 Å². The molecule has 3 unspecified atom stereocenters. The van der Waals surface area contributed by atoms with E-state index in [4.69, 9.17) is 0 Å². The molecule has 0 aliphatic carbocycles. The lowest BCUT2D eigenvalue weighted by atomic mass is 9.94. The highest BCUT2D eigenvalue weighted by atomic mass is 15.2. The van der Waals surface area contributed by atoms with E-state index in [1.807, 2.05) is 0 Å². The van der Waals surface area contributed by atoms with Gasteiger partial charge >= 0.3 is 0 Å². The van der Waals surface area contributed by atoms with Crippen molar-refractivity contribution in [3.63, 3.8) is 0 Å². The van der Waals surface area contributed by atoms with Gasteiger partial charge in [0.15, 0.2) is 0 Å². The quantitative estimate of drug-likeness (QED) is 0.725. The first-order valence-corrected chi connectivity index (χ1v) is 6.27. The molecule has 2 aliphatic heterocycles. The van der Waals surface area contributed by atoms with Gasteiger partial charge in [-0.25, -0.2) is 0 Å². The summed E-state index contributed by atoms with van der Waals surface area (Å²) >= 11 is 0. The van der Waals surface area contributed by atoms with E-state index >= 15 is 0 Å². The highest BCUT2D eigenvalue weighted by Gasteiger charge is 2.29. The predicted octanol–water partition coefficient (Wildman–Crippen LogP) is 1.86. The van der Waals surface area contributed by atoms with Crippen molar-refractivity contribution in [3.05, 3.63) is 0 Å². The maximum Gasteiger partial charge on any atom is 0.0235 e. The summed E-state index contributed by atoms with van der Waals surface area (Å²) in [5, 5.41) is 3.56. The van der Waals surface area contributed by atoms with Crippen LogP contribution in [0.5, 0.6) is 0 Å². The first-order valence-electron chi connectivity index (χ1n) is 6.27. The van der Waals surface area contributed by atoms with E-state index in [1.165, 1.54) is 45.3 Å². The van der Waals surface area contributed by atoms with Crippen LogP contribution >= 0.6 is 0 Å². The molecule has 0 amide bonds. The minimum atomic E-state index is 0.738. The van der Waals surface area contributed by atoms with Gasteiger partial charge in [-0.05, 0) is 38.6 Å². The summed E-state index contributed by atoms with van der Waals surface area (Å²) in [5.41, 5.74) is 0. The molecule has 0 aromatic heterocycles. The van der Waals surface area contributed by atoms with Gasteiger partial charge in [0, 0.05) is 25.2 Å². The van der Waals surface area contributed by atoms with E-state index < -0.39 is 0 Å². The lowest BCUT2D eigenvalue weighted by molar-refractivity contribution is 0.128. The van der Waals surface area contributed by atoms with Crippen molar-refractivity contribution >= 4 is 0 Å². The average Bonchev–Trinajstić information content (AvgIpc) is 2.65. The fourth-order valence-corrected chi connectivity index (χ4v) is 2.95. The molecule has 0 aromatic carbocycles. The highest BCUT2D eigenvalue weighted by Crippen LogP contribution is 2.23. The van der Waals surface area contributed by atoms with Crippen LogP contribution in [0, 0.1) is 5.92 Å². The standard InChI is InChI=1S/C12H24N2/c1-3-11-5-4-6-14(9-11)12-7-10(2)13-8-12/h10-13H,3-9H2,1-2H3. The minimum Gasteiger partial charge on any atom is -0.313 e. The van der Waals surface area contributed by atoms with E-state index in [0.717, 1.165) is 18.0 Å². The average molecular weight is 196 g/mol. The topological polar surface area (TPSA) is 15.3 Å². The van der Waals surface area contributed by atoms with Crippen LogP contribution in [0.25, 0.3) is 0 Å². The van der Waals surface area contributed by atoms with Crippen molar-refractivity contribution < 1.29 is 0 Å². The van der Waals surface area contributed by atoms with E-state index in [9.17, 15) is 0 Å². The molecule has 2 rings (SSSR count). The van der Waals surface area contributed by atoms with Gasteiger partial charge in [-0.2, -0.15) is 0 Å². The lowest BCUT2D eigenvalue weighted by Gasteiger charge is -2.36. The Labute approximate surface area is 88.1 Å². The molecule has 2 saturated heterocycles. The normalized spacial score (nSPS) is 40.3. The van der Waals surface area contributed by atoms with E-state index in [2.05, 4.69) is 24.1 Å². The molecule has 82 valence electrons. The van der Waals surface area contributed by atoms with Crippen molar-refractivity contribution in [2.45, 2.75) is 51.6 Å². The monoisotopic (exact) mass is 196 g/mol. The molecule has 2 heterocycles. The summed E-state index contributed by atoms with van der Waals surface area (Å²) in [6.45, 7) is 8.56. The molecule has 0 radical (unpaired) electrons. The van der Waals surface area contributed by atoms with Crippen LogP contribution in [0.2, 0.25) is 0 Å². The Morgan fingerprint density at radius 2 is 2.29 bits per heavy atom. The SMILES string of the molecule is CCC1CCCN(C2CNC(C)C2)C1. The fraction of sp³-hybridized carbons (Fsp3) is 1.00. The van der Waals surface area contributed by atoms with Gasteiger partial charge < -0.3 is 5.32 Å². The molecule has 2 heteroatoms. The Morgan fingerprint density at radius 1 is 1.43 bits per heavy atom. The molecule has 2 fully saturated rings. The first-order chi connectivity index (χ1) is 6.79. The molecule has 0 bridgehead atoms. The van der Waals surface area contributed by atoms with Gasteiger partial charge in [0.05, 0.1) is 0 Å². The summed E-state index contributed by atoms with van der Waals surface area (Å²) in [6.07, 6.45) is 5.61. The van der Waals surface area contributed by atoms with Crippen LogP contribution in [-0.4, -0.2) is 36.6 Å². The predicted molar refractivity (Wildman–Crippen MR) is 60.5 cm³/mol. The molecule has 3 atom stereocenters. The van der Waals surface area contributed by atoms with Crippen LogP contribution in [0.3, 0.4) is 0 Å². The second-order valence-corrected chi connectivity index (χ2v) is 5.11.